The van der Waals surface area contributed by atoms with Crippen LogP contribution >= 0.6 is 0 Å². The Morgan fingerprint density at radius 3 is 3.00 bits per heavy atom. The highest BCUT2D eigenvalue weighted by Gasteiger charge is 2.23. The highest BCUT2D eigenvalue weighted by atomic mass is 15.2. The van der Waals surface area contributed by atoms with Crippen LogP contribution in [0.5, 0.6) is 0 Å². The second-order valence-corrected chi connectivity index (χ2v) is 3.80. The molecular weight excluding hydrogens is 148 g/mol. The van der Waals surface area contributed by atoms with Crippen molar-refractivity contribution in [3.8, 4) is 0 Å². The summed E-state index contributed by atoms with van der Waals surface area (Å²) in [6.07, 6.45) is 4.54. The summed E-state index contributed by atoms with van der Waals surface area (Å²) in [7, 11) is 0. The Kier molecular flexibility index (Phi) is 3.76. The van der Waals surface area contributed by atoms with Gasteiger partial charge in [-0.3, -0.25) is 4.90 Å². The molecule has 1 aliphatic rings. The topological polar surface area (TPSA) is 29.3 Å². The smallest absolute Gasteiger partial charge is 0.0224 e. The zero-order valence-corrected chi connectivity index (χ0v) is 8.00. The molecule has 0 radical (unpaired) electrons. The van der Waals surface area contributed by atoms with E-state index in [9.17, 15) is 0 Å². The quantitative estimate of drug-likeness (QED) is 0.642. The van der Waals surface area contributed by atoms with Crippen LogP contribution in [0.2, 0.25) is 0 Å². The van der Waals surface area contributed by atoms with E-state index in [2.05, 4.69) is 18.4 Å². The summed E-state index contributed by atoms with van der Waals surface area (Å²) in [5, 5.41) is 0. The first kappa shape index (κ1) is 9.75. The van der Waals surface area contributed by atoms with Crippen molar-refractivity contribution >= 4 is 0 Å². The van der Waals surface area contributed by atoms with Gasteiger partial charge in [0.15, 0.2) is 0 Å². The molecule has 1 fully saturated rings. The molecule has 0 aromatic heterocycles. The van der Waals surface area contributed by atoms with Crippen molar-refractivity contribution in [2.45, 2.75) is 25.8 Å². The fourth-order valence-corrected chi connectivity index (χ4v) is 1.95. The summed E-state index contributed by atoms with van der Waals surface area (Å²) in [5.74, 6) is 0.847. The highest BCUT2D eigenvalue weighted by molar-refractivity contribution is 4.85. The molecule has 2 heteroatoms. The van der Waals surface area contributed by atoms with E-state index in [1.807, 2.05) is 6.08 Å². The third kappa shape index (κ3) is 2.32. The number of nitrogens with two attached hydrogens (primary N) is 1. The minimum Gasteiger partial charge on any atom is -0.329 e. The zero-order chi connectivity index (χ0) is 8.97. The van der Waals surface area contributed by atoms with Gasteiger partial charge < -0.3 is 5.73 Å². The number of piperidine rings is 1. The molecular formula is C10H20N2. The normalized spacial score (nSPS) is 31.8. The second kappa shape index (κ2) is 4.63. The molecule has 2 unspecified atom stereocenters. The SMILES string of the molecule is C=CCN1CCC(C)CC1CN. The molecule has 0 spiro atoms. The van der Waals surface area contributed by atoms with Gasteiger partial charge in [0, 0.05) is 19.1 Å². The average Bonchev–Trinajstić information content (AvgIpc) is 2.08. The van der Waals surface area contributed by atoms with E-state index in [1.165, 1.54) is 19.4 Å². The Morgan fingerprint density at radius 2 is 2.42 bits per heavy atom. The molecule has 1 saturated heterocycles. The fourth-order valence-electron chi connectivity index (χ4n) is 1.95. The maximum atomic E-state index is 5.71. The van der Waals surface area contributed by atoms with Crippen LogP contribution in [-0.2, 0) is 0 Å². The lowest BCUT2D eigenvalue weighted by Crippen LogP contribution is -2.46. The van der Waals surface area contributed by atoms with Crippen LogP contribution in [0.25, 0.3) is 0 Å². The van der Waals surface area contributed by atoms with Gasteiger partial charge in [0.05, 0.1) is 0 Å². The predicted octanol–water partition coefficient (Wildman–Crippen LogP) is 1.23. The molecule has 2 nitrogen and oxygen atoms in total. The molecule has 0 bridgehead atoms. The van der Waals surface area contributed by atoms with Crippen molar-refractivity contribution in [3.63, 3.8) is 0 Å². The van der Waals surface area contributed by atoms with Crippen molar-refractivity contribution in [2.75, 3.05) is 19.6 Å². The van der Waals surface area contributed by atoms with E-state index in [-0.39, 0.29) is 0 Å². The summed E-state index contributed by atoms with van der Waals surface area (Å²) < 4.78 is 0. The fraction of sp³-hybridized carbons (Fsp3) is 0.800. The zero-order valence-electron chi connectivity index (χ0n) is 8.00. The van der Waals surface area contributed by atoms with Crippen LogP contribution in [0.3, 0.4) is 0 Å². The van der Waals surface area contributed by atoms with E-state index in [0.717, 1.165) is 19.0 Å². The summed E-state index contributed by atoms with van der Waals surface area (Å²) in [6, 6.07) is 0.590. The molecule has 0 saturated carbocycles. The van der Waals surface area contributed by atoms with Crippen LogP contribution in [-0.4, -0.2) is 30.6 Å². The van der Waals surface area contributed by atoms with Crippen LogP contribution < -0.4 is 5.73 Å². The van der Waals surface area contributed by atoms with Crippen LogP contribution in [0, 0.1) is 5.92 Å². The highest BCUT2D eigenvalue weighted by Crippen LogP contribution is 2.21. The van der Waals surface area contributed by atoms with Gasteiger partial charge in [0.2, 0.25) is 0 Å². The van der Waals surface area contributed by atoms with Gasteiger partial charge in [-0.2, -0.15) is 0 Å². The average molecular weight is 168 g/mol. The minimum absolute atomic E-state index is 0.590. The monoisotopic (exact) mass is 168 g/mol. The van der Waals surface area contributed by atoms with E-state index < -0.39 is 0 Å². The molecule has 0 aromatic rings. The molecule has 1 rings (SSSR count). The van der Waals surface area contributed by atoms with Gasteiger partial charge in [0.25, 0.3) is 0 Å². The molecule has 1 heterocycles. The summed E-state index contributed by atoms with van der Waals surface area (Å²) in [6.45, 7) is 9.05. The van der Waals surface area contributed by atoms with Crippen LogP contribution in [0.4, 0.5) is 0 Å². The number of nitrogens with zero attached hydrogens (tertiary/aromatic N) is 1. The van der Waals surface area contributed by atoms with Crippen LogP contribution in [0.1, 0.15) is 19.8 Å². The summed E-state index contributed by atoms with van der Waals surface area (Å²) >= 11 is 0. The van der Waals surface area contributed by atoms with Gasteiger partial charge in [0.1, 0.15) is 0 Å². The number of likely N-dealkylation sites (tertiary alicyclic amines) is 1. The van der Waals surface area contributed by atoms with Crippen molar-refractivity contribution in [2.24, 2.45) is 11.7 Å². The second-order valence-electron chi connectivity index (χ2n) is 3.80. The first-order valence-electron chi connectivity index (χ1n) is 4.83. The molecule has 2 N–H and O–H groups in total. The van der Waals surface area contributed by atoms with Crippen molar-refractivity contribution in [1.29, 1.82) is 0 Å². The molecule has 0 amide bonds. The van der Waals surface area contributed by atoms with Crippen molar-refractivity contribution in [3.05, 3.63) is 12.7 Å². The van der Waals surface area contributed by atoms with Gasteiger partial charge in [-0.15, -0.1) is 6.58 Å². The largest absolute Gasteiger partial charge is 0.329 e. The third-order valence-corrected chi connectivity index (χ3v) is 2.74. The summed E-state index contributed by atoms with van der Waals surface area (Å²) in [5.41, 5.74) is 5.71. The van der Waals surface area contributed by atoms with E-state index in [4.69, 9.17) is 5.73 Å². The molecule has 0 aliphatic carbocycles. The standard InChI is InChI=1S/C10H20N2/c1-3-5-12-6-4-9(2)7-10(12)8-11/h3,9-10H,1,4-8,11H2,2H3. The Labute approximate surface area is 75.4 Å². The lowest BCUT2D eigenvalue weighted by atomic mass is 9.92. The lowest BCUT2D eigenvalue weighted by Gasteiger charge is -2.37. The molecule has 0 aromatic carbocycles. The number of rotatable bonds is 3. The predicted molar refractivity (Wildman–Crippen MR) is 53.0 cm³/mol. The number of hydrogen-bond donors (Lipinski definition) is 1. The Bertz CT molecular complexity index is 145. The Hall–Kier alpha value is -0.340. The van der Waals surface area contributed by atoms with Gasteiger partial charge in [-0.25, -0.2) is 0 Å². The molecule has 1 aliphatic heterocycles. The maximum Gasteiger partial charge on any atom is 0.0224 e. The molecule has 12 heavy (non-hydrogen) atoms. The Balaban J connectivity index is 2.44. The van der Waals surface area contributed by atoms with Crippen molar-refractivity contribution < 1.29 is 0 Å². The van der Waals surface area contributed by atoms with Crippen molar-refractivity contribution in [1.82, 2.24) is 4.90 Å². The first-order chi connectivity index (χ1) is 5.77. The molecule has 2 atom stereocenters. The lowest BCUT2D eigenvalue weighted by molar-refractivity contribution is 0.137. The molecule has 70 valence electrons. The van der Waals surface area contributed by atoms with E-state index >= 15 is 0 Å². The summed E-state index contributed by atoms with van der Waals surface area (Å²) in [4.78, 5) is 2.44. The van der Waals surface area contributed by atoms with E-state index in [0.29, 0.717) is 6.04 Å². The first-order valence-corrected chi connectivity index (χ1v) is 4.83. The minimum atomic E-state index is 0.590. The van der Waals surface area contributed by atoms with Gasteiger partial charge in [-0.05, 0) is 25.3 Å². The van der Waals surface area contributed by atoms with Crippen LogP contribution in [0.15, 0.2) is 12.7 Å². The number of hydrogen-bond acceptors (Lipinski definition) is 2. The Morgan fingerprint density at radius 1 is 1.67 bits per heavy atom. The van der Waals surface area contributed by atoms with Gasteiger partial charge in [-0.1, -0.05) is 13.0 Å². The van der Waals surface area contributed by atoms with E-state index in [1.54, 1.807) is 0 Å². The maximum absolute atomic E-state index is 5.71. The van der Waals surface area contributed by atoms with Gasteiger partial charge >= 0.3 is 0 Å². The third-order valence-electron chi connectivity index (χ3n) is 2.74.